The molecule has 0 saturated carbocycles. The SMILES string of the molecule is COC(=O)c1ccc2nc(-c3ccc(Br)cc3)n(C[C@H]3CCN(C(=O)OC(C)(C)C)C3)c2c1. The number of hydrogen-bond acceptors (Lipinski definition) is 5. The van der Waals surface area contributed by atoms with Crippen molar-refractivity contribution in [1.82, 2.24) is 14.5 Å². The highest BCUT2D eigenvalue weighted by Gasteiger charge is 2.31. The fourth-order valence-electron chi connectivity index (χ4n) is 4.10. The molecule has 1 atom stereocenters. The minimum Gasteiger partial charge on any atom is -0.465 e. The van der Waals surface area contributed by atoms with Crippen LogP contribution in [0.2, 0.25) is 0 Å². The summed E-state index contributed by atoms with van der Waals surface area (Å²) >= 11 is 3.49. The number of carbonyl (C=O) groups is 2. The monoisotopic (exact) mass is 513 g/mol. The third-order valence-corrected chi connectivity index (χ3v) is 6.18. The van der Waals surface area contributed by atoms with Gasteiger partial charge in [0.05, 0.1) is 23.7 Å². The maximum Gasteiger partial charge on any atom is 0.410 e. The number of imidazole rings is 1. The standard InChI is InChI=1S/C25H28BrN3O4/c1-25(2,3)33-24(31)28-12-11-16(14-28)15-29-21-13-18(23(30)32-4)7-10-20(21)27-22(29)17-5-8-19(26)9-6-17/h5-10,13,16H,11-12,14-15H2,1-4H3/t16-/m0/s1. The van der Waals surface area contributed by atoms with Gasteiger partial charge in [0.25, 0.3) is 0 Å². The fraction of sp³-hybridized carbons (Fsp3) is 0.400. The van der Waals surface area contributed by atoms with E-state index in [-0.39, 0.29) is 18.0 Å². The Bertz CT molecular complexity index is 1180. The zero-order valence-corrected chi connectivity index (χ0v) is 20.9. The van der Waals surface area contributed by atoms with E-state index in [9.17, 15) is 9.59 Å². The molecule has 3 aromatic rings. The molecule has 0 spiro atoms. The molecule has 1 aliphatic heterocycles. The molecule has 174 valence electrons. The van der Waals surface area contributed by atoms with E-state index in [0.717, 1.165) is 33.3 Å². The molecular formula is C25H28BrN3O4. The Morgan fingerprint density at radius 3 is 2.55 bits per heavy atom. The molecule has 1 fully saturated rings. The maximum atomic E-state index is 12.5. The third kappa shape index (κ3) is 5.21. The van der Waals surface area contributed by atoms with Crippen molar-refractivity contribution in [3.63, 3.8) is 0 Å². The molecule has 33 heavy (non-hydrogen) atoms. The lowest BCUT2D eigenvalue weighted by atomic mass is 10.1. The third-order valence-electron chi connectivity index (χ3n) is 5.65. The van der Waals surface area contributed by atoms with Crippen LogP contribution in [-0.4, -0.2) is 52.3 Å². The average molecular weight is 514 g/mol. The summed E-state index contributed by atoms with van der Waals surface area (Å²) in [7, 11) is 1.38. The summed E-state index contributed by atoms with van der Waals surface area (Å²) in [5.41, 5.74) is 2.62. The topological polar surface area (TPSA) is 73.7 Å². The van der Waals surface area contributed by atoms with Gasteiger partial charge in [-0.25, -0.2) is 14.6 Å². The van der Waals surface area contributed by atoms with Crippen LogP contribution in [0.25, 0.3) is 22.4 Å². The van der Waals surface area contributed by atoms with Gasteiger partial charge in [-0.1, -0.05) is 28.1 Å². The molecular weight excluding hydrogens is 486 g/mol. The maximum absolute atomic E-state index is 12.5. The average Bonchev–Trinajstić information content (AvgIpc) is 3.38. The number of likely N-dealkylation sites (tertiary alicyclic amines) is 1. The van der Waals surface area contributed by atoms with Gasteiger partial charge in [0.1, 0.15) is 11.4 Å². The van der Waals surface area contributed by atoms with Crippen molar-refractivity contribution in [1.29, 1.82) is 0 Å². The number of rotatable bonds is 4. The number of benzene rings is 2. The molecule has 2 heterocycles. The number of carbonyl (C=O) groups excluding carboxylic acids is 2. The van der Waals surface area contributed by atoms with Crippen LogP contribution in [0, 0.1) is 5.92 Å². The second-order valence-corrected chi connectivity index (χ2v) is 10.2. The molecule has 1 amide bonds. The second kappa shape index (κ2) is 9.17. The van der Waals surface area contributed by atoms with Gasteiger partial charge in [-0.15, -0.1) is 0 Å². The van der Waals surface area contributed by atoms with Gasteiger partial charge in [0.15, 0.2) is 0 Å². The zero-order chi connectivity index (χ0) is 23.8. The van der Waals surface area contributed by atoms with Gasteiger partial charge in [-0.2, -0.15) is 0 Å². The smallest absolute Gasteiger partial charge is 0.410 e. The molecule has 7 nitrogen and oxygen atoms in total. The van der Waals surface area contributed by atoms with E-state index in [0.29, 0.717) is 25.2 Å². The lowest BCUT2D eigenvalue weighted by Gasteiger charge is -2.24. The van der Waals surface area contributed by atoms with E-state index in [1.165, 1.54) is 7.11 Å². The molecule has 1 saturated heterocycles. The molecule has 8 heteroatoms. The zero-order valence-electron chi connectivity index (χ0n) is 19.3. The second-order valence-electron chi connectivity index (χ2n) is 9.33. The Labute approximate surface area is 201 Å². The number of nitrogens with zero attached hydrogens (tertiary/aromatic N) is 3. The van der Waals surface area contributed by atoms with Crippen molar-refractivity contribution in [3.8, 4) is 11.4 Å². The van der Waals surface area contributed by atoms with Gasteiger partial charge in [0.2, 0.25) is 0 Å². The van der Waals surface area contributed by atoms with Crippen LogP contribution >= 0.6 is 15.9 Å². The number of ether oxygens (including phenoxy) is 2. The molecule has 2 aromatic carbocycles. The van der Waals surface area contributed by atoms with Crippen LogP contribution in [-0.2, 0) is 16.0 Å². The van der Waals surface area contributed by atoms with E-state index < -0.39 is 5.60 Å². The summed E-state index contributed by atoms with van der Waals surface area (Å²) in [5, 5.41) is 0. The largest absolute Gasteiger partial charge is 0.465 e. The lowest BCUT2D eigenvalue weighted by molar-refractivity contribution is 0.0287. The van der Waals surface area contributed by atoms with Crippen LogP contribution in [0.5, 0.6) is 0 Å². The van der Waals surface area contributed by atoms with Crippen LogP contribution in [0.15, 0.2) is 46.9 Å². The Morgan fingerprint density at radius 1 is 1.15 bits per heavy atom. The van der Waals surface area contributed by atoms with E-state index >= 15 is 0 Å². The molecule has 1 aliphatic rings. The molecule has 1 aromatic heterocycles. The van der Waals surface area contributed by atoms with Crippen molar-refractivity contribution in [2.75, 3.05) is 20.2 Å². The van der Waals surface area contributed by atoms with Gasteiger partial charge < -0.3 is 18.9 Å². The summed E-state index contributed by atoms with van der Waals surface area (Å²) < 4.78 is 13.6. The summed E-state index contributed by atoms with van der Waals surface area (Å²) in [6.07, 6.45) is 0.594. The van der Waals surface area contributed by atoms with Crippen molar-refractivity contribution >= 4 is 39.0 Å². The predicted octanol–water partition coefficient (Wildman–Crippen LogP) is 5.51. The number of aromatic nitrogens is 2. The summed E-state index contributed by atoms with van der Waals surface area (Å²) in [6.45, 7) is 7.57. The van der Waals surface area contributed by atoms with Gasteiger partial charge in [0, 0.05) is 29.7 Å². The number of methoxy groups -OCH3 is 1. The highest BCUT2D eigenvalue weighted by molar-refractivity contribution is 9.10. The lowest BCUT2D eigenvalue weighted by Crippen LogP contribution is -2.35. The number of amides is 1. The first kappa shape index (κ1) is 23.3. The van der Waals surface area contributed by atoms with E-state index in [2.05, 4.69) is 20.5 Å². The first-order valence-electron chi connectivity index (χ1n) is 11.0. The van der Waals surface area contributed by atoms with Crippen LogP contribution in [0.4, 0.5) is 4.79 Å². The fourth-order valence-corrected chi connectivity index (χ4v) is 4.37. The van der Waals surface area contributed by atoms with E-state index in [1.54, 1.807) is 11.0 Å². The minimum absolute atomic E-state index is 0.242. The quantitative estimate of drug-likeness (QED) is 0.430. The predicted molar refractivity (Wildman–Crippen MR) is 130 cm³/mol. The van der Waals surface area contributed by atoms with Gasteiger partial charge in [-0.05, 0) is 63.4 Å². The molecule has 0 unspecified atom stereocenters. The number of fused-ring (bicyclic) bond motifs is 1. The number of hydrogen-bond donors (Lipinski definition) is 0. The van der Waals surface area contributed by atoms with E-state index in [1.807, 2.05) is 57.2 Å². The van der Waals surface area contributed by atoms with Crippen LogP contribution in [0.3, 0.4) is 0 Å². The summed E-state index contributed by atoms with van der Waals surface area (Å²) in [5.74, 6) is 0.688. The Morgan fingerprint density at radius 2 is 1.88 bits per heavy atom. The summed E-state index contributed by atoms with van der Waals surface area (Å²) in [4.78, 5) is 31.3. The molecule has 0 radical (unpaired) electrons. The Hall–Kier alpha value is -2.87. The van der Waals surface area contributed by atoms with Crippen molar-refractivity contribution in [3.05, 3.63) is 52.5 Å². The number of esters is 1. The van der Waals surface area contributed by atoms with Gasteiger partial charge in [-0.3, -0.25) is 0 Å². The van der Waals surface area contributed by atoms with Crippen LogP contribution < -0.4 is 0 Å². The minimum atomic E-state index is -0.519. The molecule has 4 rings (SSSR count). The first-order chi connectivity index (χ1) is 15.6. The number of halogens is 1. The van der Waals surface area contributed by atoms with Gasteiger partial charge >= 0.3 is 12.1 Å². The first-order valence-corrected chi connectivity index (χ1v) is 11.8. The van der Waals surface area contributed by atoms with Crippen LogP contribution in [0.1, 0.15) is 37.6 Å². The Kier molecular flexibility index (Phi) is 6.47. The van der Waals surface area contributed by atoms with Crippen molar-refractivity contribution in [2.45, 2.75) is 39.3 Å². The molecule has 0 bridgehead atoms. The molecule has 0 N–H and O–H groups in total. The molecule has 0 aliphatic carbocycles. The highest BCUT2D eigenvalue weighted by Crippen LogP contribution is 2.30. The normalized spacial score (nSPS) is 16.3. The Balaban J connectivity index is 1.67. The van der Waals surface area contributed by atoms with E-state index in [4.69, 9.17) is 14.5 Å². The summed E-state index contributed by atoms with van der Waals surface area (Å²) in [6, 6.07) is 13.4. The van der Waals surface area contributed by atoms with Crippen molar-refractivity contribution < 1.29 is 19.1 Å². The highest BCUT2D eigenvalue weighted by atomic mass is 79.9. The van der Waals surface area contributed by atoms with Crippen molar-refractivity contribution in [2.24, 2.45) is 5.92 Å².